The van der Waals surface area contributed by atoms with Crippen LogP contribution in [0.15, 0.2) is 71.8 Å². The maximum Gasteiger partial charge on any atom is 0.303 e. The van der Waals surface area contributed by atoms with Crippen LogP contribution in [0, 0.1) is 0 Å². The second-order valence-electron chi connectivity index (χ2n) is 14.7. The maximum atomic E-state index is 9.81. The molecule has 0 saturated carbocycles. The predicted molar refractivity (Wildman–Crippen MR) is 221 cm³/mol. The first kappa shape index (κ1) is 46.8. The molecule has 0 atom stereocenters. The quantitative estimate of drug-likeness (QED) is 0.0189. The number of aryl methyl sites for hydroxylation is 2. The average Bonchev–Trinajstić information content (AvgIpc) is 3.14. The summed E-state index contributed by atoms with van der Waals surface area (Å²) in [4.78, 5) is 3.49. The van der Waals surface area contributed by atoms with E-state index in [0.29, 0.717) is 0 Å². The second-order valence-corrected chi connectivity index (χ2v) is 14.7. The summed E-state index contributed by atoms with van der Waals surface area (Å²) >= 11 is 0. The van der Waals surface area contributed by atoms with Crippen molar-refractivity contribution in [2.24, 2.45) is 0 Å². The van der Waals surface area contributed by atoms with E-state index < -0.39 is 0 Å². The number of allylic oxidation sites excluding steroid dienone is 4. The Balaban J connectivity index is 0.0000130. The number of hydrogen-bond donors (Lipinski definition) is 0. The van der Waals surface area contributed by atoms with E-state index in [1.54, 1.807) is 0 Å². The first-order valence-electron chi connectivity index (χ1n) is 21.2. The third-order valence-corrected chi connectivity index (χ3v) is 10.1. The molecule has 0 radical (unpaired) electrons. The fraction of sp³-hybridized carbons (Fsp3) is 0.625. The van der Waals surface area contributed by atoms with E-state index >= 15 is 0 Å². The van der Waals surface area contributed by atoms with Crippen molar-refractivity contribution in [2.45, 2.75) is 195 Å². The number of rotatable bonds is 30. The molecule has 0 bridgehead atoms. The van der Waals surface area contributed by atoms with Gasteiger partial charge in [-0.3, -0.25) is 0 Å². The molecular formula is C48H74N2Pd. The van der Waals surface area contributed by atoms with Crippen LogP contribution in [0.2, 0.25) is 0 Å². The van der Waals surface area contributed by atoms with Crippen LogP contribution < -0.4 is 0 Å². The maximum absolute atomic E-state index is 9.81. The van der Waals surface area contributed by atoms with Crippen molar-refractivity contribution in [1.82, 2.24) is 0 Å². The summed E-state index contributed by atoms with van der Waals surface area (Å²) in [6.45, 7) is 9.07. The largest absolute Gasteiger partial charge is 0.348 e. The van der Waals surface area contributed by atoms with Crippen LogP contribution in [-0.2, 0) is 33.3 Å². The van der Waals surface area contributed by atoms with Crippen LogP contribution in [0.5, 0.6) is 0 Å². The molecule has 0 aliphatic rings. The third-order valence-electron chi connectivity index (χ3n) is 10.1. The van der Waals surface area contributed by atoms with Crippen LogP contribution >= 0.6 is 0 Å². The first-order valence-corrected chi connectivity index (χ1v) is 21.2. The zero-order valence-corrected chi connectivity index (χ0v) is 34.9. The molecule has 0 heterocycles. The van der Waals surface area contributed by atoms with E-state index in [9.17, 15) is 5.53 Å². The fourth-order valence-electron chi connectivity index (χ4n) is 7.04. The number of nitrogens with zero attached hydrogens (tertiary/aromatic N) is 2. The minimum Gasteiger partial charge on any atom is -0.348 e. The zero-order chi connectivity index (χ0) is 35.9. The van der Waals surface area contributed by atoms with Crippen molar-refractivity contribution < 1.29 is 25.2 Å². The van der Waals surface area contributed by atoms with E-state index in [-0.39, 0.29) is 20.4 Å². The van der Waals surface area contributed by atoms with Crippen molar-refractivity contribution in [1.29, 1.82) is 0 Å². The number of benzene rings is 2. The normalized spacial score (nSPS) is 11.6. The van der Waals surface area contributed by atoms with Gasteiger partial charge in [-0.2, -0.15) is 0 Å². The van der Waals surface area contributed by atoms with Crippen LogP contribution in [0.25, 0.3) is 11.1 Å². The van der Waals surface area contributed by atoms with Gasteiger partial charge in [0.25, 0.3) is 0 Å². The molecule has 0 N–H and O–H groups in total. The van der Waals surface area contributed by atoms with E-state index in [1.165, 1.54) is 156 Å². The van der Waals surface area contributed by atoms with Crippen molar-refractivity contribution in [3.05, 3.63) is 99.6 Å². The summed E-state index contributed by atoms with van der Waals surface area (Å²) in [6.07, 6.45) is 37.6. The summed E-state index contributed by atoms with van der Waals surface area (Å²) in [5.74, 6) is 3.05. The van der Waals surface area contributed by atoms with Gasteiger partial charge in [0.1, 0.15) is 0 Å². The molecule has 2 nitrogen and oxygen atoms in total. The van der Waals surface area contributed by atoms with E-state index in [2.05, 4.69) is 99.0 Å². The fourth-order valence-corrected chi connectivity index (χ4v) is 7.04. The SMILES string of the molecule is CCCCCCCCCCCCCCC=CC(C(=C=[N+]=[N-])CCCC)=C(c1cccc(CCCC)c1)c1cccc(CCCCCCCC)c1.[Pd]. The molecule has 0 saturated heterocycles. The molecule has 0 aliphatic heterocycles. The molecule has 0 unspecified atom stereocenters. The van der Waals surface area contributed by atoms with E-state index in [1.807, 2.05) is 0 Å². The van der Waals surface area contributed by atoms with Crippen molar-refractivity contribution in [2.75, 3.05) is 0 Å². The minimum absolute atomic E-state index is 0. The van der Waals surface area contributed by atoms with Gasteiger partial charge in [-0.1, -0.05) is 204 Å². The molecule has 0 aromatic heterocycles. The molecule has 0 amide bonds. The molecular weight excluding hydrogens is 711 g/mol. The Morgan fingerprint density at radius 3 is 1.51 bits per heavy atom. The Hall–Kier alpha value is -2.26. The van der Waals surface area contributed by atoms with E-state index in [4.69, 9.17) is 0 Å². The van der Waals surface area contributed by atoms with Crippen LogP contribution in [0.1, 0.15) is 204 Å². The number of hydrogen-bond acceptors (Lipinski definition) is 0. The summed E-state index contributed by atoms with van der Waals surface area (Å²) in [5, 5.41) is 0. The summed E-state index contributed by atoms with van der Waals surface area (Å²) in [6, 6.07) is 18.4. The van der Waals surface area contributed by atoms with Gasteiger partial charge in [-0.05, 0) is 79.2 Å². The van der Waals surface area contributed by atoms with Gasteiger partial charge in [-0.25, -0.2) is 0 Å². The molecule has 2 aromatic rings. The van der Waals surface area contributed by atoms with Crippen molar-refractivity contribution >= 4 is 11.4 Å². The Bertz CT molecular complexity index is 1310. The van der Waals surface area contributed by atoms with Crippen molar-refractivity contribution in [3.63, 3.8) is 0 Å². The summed E-state index contributed by atoms with van der Waals surface area (Å²) in [5.41, 5.74) is 18.5. The predicted octanol–water partition coefficient (Wildman–Crippen LogP) is 15.4. The molecule has 2 aromatic carbocycles. The Kier molecular flexibility index (Phi) is 29.7. The molecule has 286 valence electrons. The van der Waals surface area contributed by atoms with Gasteiger partial charge in [0.05, 0.1) is 5.57 Å². The molecule has 51 heavy (non-hydrogen) atoms. The molecule has 0 spiro atoms. The van der Waals surface area contributed by atoms with Gasteiger partial charge < -0.3 is 5.53 Å². The zero-order valence-electron chi connectivity index (χ0n) is 33.4. The molecule has 2 rings (SSSR count). The summed E-state index contributed by atoms with van der Waals surface area (Å²) in [7, 11) is 0. The smallest absolute Gasteiger partial charge is 0.303 e. The third kappa shape index (κ3) is 21.1. The van der Waals surface area contributed by atoms with Crippen molar-refractivity contribution in [3.8, 4) is 0 Å². The first-order chi connectivity index (χ1) is 24.7. The van der Waals surface area contributed by atoms with E-state index in [0.717, 1.165) is 49.7 Å². The van der Waals surface area contributed by atoms with Gasteiger partial charge in [0.15, 0.2) is 0 Å². The van der Waals surface area contributed by atoms with Crippen LogP contribution in [0.4, 0.5) is 0 Å². The van der Waals surface area contributed by atoms with Gasteiger partial charge in [0, 0.05) is 26.0 Å². The van der Waals surface area contributed by atoms with Gasteiger partial charge in [-0.15, -0.1) is 4.79 Å². The monoisotopic (exact) mass is 784 g/mol. The molecule has 0 fully saturated rings. The second kappa shape index (κ2) is 32.4. The molecule has 0 aliphatic carbocycles. The average molecular weight is 786 g/mol. The summed E-state index contributed by atoms with van der Waals surface area (Å²) < 4.78 is 0. The van der Waals surface area contributed by atoms with Gasteiger partial charge in [0.2, 0.25) is 0 Å². The Morgan fingerprint density at radius 1 is 0.569 bits per heavy atom. The van der Waals surface area contributed by atoms with Crippen LogP contribution in [0.3, 0.4) is 0 Å². The number of unbranched alkanes of at least 4 members (excludes halogenated alkanes) is 19. The Labute approximate surface area is 329 Å². The Morgan fingerprint density at radius 2 is 1.02 bits per heavy atom. The molecule has 3 heteroatoms. The minimum atomic E-state index is 0. The standard InChI is InChI=1S/C48H74N2.Pd/c1-5-9-13-15-17-18-19-20-21-22-23-24-26-28-38-47(46(41-50-49)35-12-8-4)48(44-36-29-33-42(39-44)31-11-7-3)45-37-30-34-43(40-45)32-27-25-16-14-10-6-2;/h28-30,33-34,36-40H,5-27,31-32,35H2,1-4H3;. The topological polar surface area (TPSA) is 36.4 Å². The van der Waals surface area contributed by atoms with Crippen LogP contribution in [-0.4, -0.2) is 10.7 Å². The van der Waals surface area contributed by atoms with Gasteiger partial charge >= 0.3 is 5.87 Å².